The molecule has 132 valence electrons. The van der Waals surface area contributed by atoms with E-state index < -0.39 is 0 Å². The largest absolute Gasteiger partial charge is 0.496 e. The van der Waals surface area contributed by atoms with E-state index in [-0.39, 0.29) is 11.9 Å². The predicted octanol–water partition coefficient (Wildman–Crippen LogP) is 4.22. The van der Waals surface area contributed by atoms with E-state index >= 15 is 0 Å². The number of methoxy groups -OCH3 is 2. The van der Waals surface area contributed by atoms with Crippen LogP contribution < -0.4 is 14.8 Å². The lowest BCUT2D eigenvalue weighted by Gasteiger charge is -2.21. The van der Waals surface area contributed by atoms with Gasteiger partial charge in [-0.05, 0) is 23.3 Å². The minimum absolute atomic E-state index is 0.253. The molecule has 3 aromatic carbocycles. The maximum Gasteiger partial charge on any atom is 0.259 e. The Morgan fingerprint density at radius 3 is 1.62 bits per heavy atom. The van der Waals surface area contributed by atoms with Crippen molar-refractivity contribution in [2.45, 2.75) is 6.04 Å². The van der Waals surface area contributed by atoms with Crippen molar-refractivity contribution >= 4 is 5.91 Å². The molecule has 26 heavy (non-hydrogen) atoms. The van der Waals surface area contributed by atoms with E-state index in [1.807, 2.05) is 60.7 Å². The molecule has 0 saturated heterocycles. The van der Waals surface area contributed by atoms with Gasteiger partial charge in [-0.2, -0.15) is 0 Å². The number of benzene rings is 3. The van der Waals surface area contributed by atoms with E-state index in [4.69, 9.17) is 9.47 Å². The van der Waals surface area contributed by atoms with E-state index in [1.54, 1.807) is 18.2 Å². The van der Waals surface area contributed by atoms with Gasteiger partial charge < -0.3 is 14.8 Å². The topological polar surface area (TPSA) is 47.6 Å². The Morgan fingerprint density at radius 1 is 0.731 bits per heavy atom. The van der Waals surface area contributed by atoms with E-state index in [9.17, 15) is 4.79 Å². The van der Waals surface area contributed by atoms with Gasteiger partial charge >= 0.3 is 0 Å². The second-order valence-corrected chi connectivity index (χ2v) is 5.77. The molecule has 4 heteroatoms. The van der Waals surface area contributed by atoms with E-state index in [0.717, 1.165) is 11.1 Å². The second-order valence-electron chi connectivity index (χ2n) is 5.77. The lowest BCUT2D eigenvalue weighted by Crippen LogP contribution is -2.30. The van der Waals surface area contributed by atoms with E-state index in [0.29, 0.717) is 17.1 Å². The van der Waals surface area contributed by atoms with Gasteiger partial charge in [0.1, 0.15) is 17.1 Å². The Morgan fingerprint density at radius 2 is 1.19 bits per heavy atom. The molecule has 4 nitrogen and oxygen atoms in total. The normalized spacial score (nSPS) is 10.4. The number of carbonyl (C=O) groups is 1. The molecule has 1 amide bonds. The summed E-state index contributed by atoms with van der Waals surface area (Å²) < 4.78 is 10.7. The first-order valence-electron chi connectivity index (χ1n) is 8.36. The van der Waals surface area contributed by atoms with Gasteiger partial charge in [0.2, 0.25) is 0 Å². The van der Waals surface area contributed by atoms with Gasteiger partial charge in [-0.3, -0.25) is 4.79 Å². The van der Waals surface area contributed by atoms with Gasteiger partial charge in [0.15, 0.2) is 0 Å². The predicted molar refractivity (Wildman–Crippen MR) is 102 cm³/mol. The smallest absolute Gasteiger partial charge is 0.259 e. The van der Waals surface area contributed by atoms with E-state index in [1.165, 1.54) is 14.2 Å². The van der Waals surface area contributed by atoms with Crippen LogP contribution in [0, 0.1) is 0 Å². The molecule has 3 rings (SSSR count). The summed E-state index contributed by atoms with van der Waals surface area (Å²) in [7, 11) is 3.08. The monoisotopic (exact) mass is 347 g/mol. The molecule has 0 aliphatic heterocycles. The SMILES string of the molecule is COc1cccc(OC)c1C(=O)NC(c1ccccc1)c1ccccc1. The van der Waals surface area contributed by atoms with Crippen molar-refractivity contribution in [1.82, 2.24) is 5.32 Å². The average Bonchev–Trinajstić information content (AvgIpc) is 2.72. The molecular formula is C22H21NO3. The molecule has 3 aromatic rings. The number of hydrogen-bond acceptors (Lipinski definition) is 3. The average molecular weight is 347 g/mol. The van der Waals surface area contributed by atoms with Crippen molar-refractivity contribution in [3.8, 4) is 11.5 Å². The first-order chi connectivity index (χ1) is 12.7. The summed E-state index contributed by atoms with van der Waals surface area (Å²) in [5.41, 5.74) is 2.39. The zero-order chi connectivity index (χ0) is 18.4. The summed E-state index contributed by atoms with van der Waals surface area (Å²) >= 11 is 0. The molecule has 0 bridgehead atoms. The standard InChI is InChI=1S/C22H21NO3/c1-25-18-14-9-15-19(26-2)20(18)22(24)23-21(16-10-5-3-6-11-16)17-12-7-4-8-13-17/h3-15,21H,1-2H3,(H,23,24). The number of amides is 1. The Kier molecular flexibility index (Phi) is 5.54. The van der Waals surface area contributed by atoms with Crippen LogP contribution in [-0.4, -0.2) is 20.1 Å². The highest BCUT2D eigenvalue weighted by molar-refractivity contribution is 6.00. The summed E-state index contributed by atoms with van der Waals surface area (Å²) in [6.45, 7) is 0. The number of ether oxygens (including phenoxy) is 2. The van der Waals surface area contributed by atoms with Crippen LogP contribution in [0.25, 0.3) is 0 Å². The summed E-state index contributed by atoms with van der Waals surface area (Å²) in [5, 5.41) is 3.12. The van der Waals surface area contributed by atoms with Crippen LogP contribution in [0.1, 0.15) is 27.5 Å². The Balaban J connectivity index is 1.99. The van der Waals surface area contributed by atoms with Gasteiger partial charge in [0.25, 0.3) is 5.91 Å². The van der Waals surface area contributed by atoms with Crippen molar-refractivity contribution < 1.29 is 14.3 Å². The molecule has 1 N–H and O–H groups in total. The maximum atomic E-state index is 13.1. The van der Waals surface area contributed by atoms with Gasteiger partial charge in [-0.1, -0.05) is 66.7 Å². The molecule has 0 heterocycles. The highest BCUT2D eigenvalue weighted by atomic mass is 16.5. The summed E-state index contributed by atoms with van der Waals surface area (Å²) in [4.78, 5) is 13.1. The second kappa shape index (κ2) is 8.21. The fraction of sp³-hybridized carbons (Fsp3) is 0.136. The number of carbonyl (C=O) groups excluding carboxylic acids is 1. The zero-order valence-electron chi connectivity index (χ0n) is 14.8. The third-order valence-electron chi connectivity index (χ3n) is 4.20. The maximum absolute atomic E-state index is 13.1. The lowest BCUT2D eigenvalue weighted by molar-refractivity contribution is 0.0936. The molecule has 0 spiro atoms. The number of hydrogen-bond donors (Lipinski definition) is 1. The summed E-state index contributed by atoms with van der Waals surface area (Å²) in [6, 6.07) is 24.7. The minimum atomic E-state index is -0.278. The highest BCUT2D eigenvalue weighted by Crippen LogP contribution is 2.30. The van der Waals surface area contributed by atoms with Crippen LogP contribution in [0.5, 0.6) is 11.5 Å². The number of nitrogens with one attached hydrogen (secondary N) is 1. The highest BCUT2D eigenvalue weighted by Gasteiger charge is 2.23. The molecular weight excluding hydrogens is 326 g/mol. The molecule has 0 unspecified atom stereocenters. The van der Waals surface area contributed by atoms with Gasteiger partial charge in [0.05, 0.1) is 20.3 Å². The van der Waals surface area contributed by atoms with Gasteiger partial charge in [-0.25, -0.2) is 0 Å². The molecule has 0 saturated carbocycles. The lowest BCUT2D eigenvalue weighted by atomic mass is 9.98. The van der Waals surface area contributed by atoms with Crippen LogP contribution in [0.2, 0.25) is 0 Å². The number of rotatable bonds is 6. The van der Waals surface area contributed by atoms with Gasteiger partial charge in [-0.15, -0.1) is 0 Å². The molecule has 0 radical (unpaired) electrons. The third kappa shape index (κ3) is 3.70. The van der Waals surface area contributed by atoms with E-state index in [2.05, 4.69) is 5.32 Å². The molecule has 0 aliphatic rings. The quantitative estimate of drug-likeness (QED) is 0.726. The Labute approximate surface area is 153 Å². The Bertz CT molecular complexity index is 801. The van der Waals surface area contributed by atoms with Crippen molar-refractivity contribution in [2.75, 3.05) is 14.2 Å². The van der Waals surface area contributed by atoms with Crippen LogP contribution in [0.4, 0.5) is 0 Å². The first kappa shape index (κ1) is 17.5. The van der Waals surface area contributed by atoms with Gasteiger partial charge in [0, 0.05) is 0 Å². The molecule has 0 fully saturated rings. The van der Waals surface area contributed by atoms with Crippen LogP contribution in [0.15, 0.2) is 78.9 Å². The van der Waals surface area contributed by atoms with Crippen molar-refractivity contribution in [3.63, 3.8) is 0 Å². The van der Waals surface area contributed by atoms with Crippen LogP contribution in [0.3, 0.4) is 0 Å². The molecule has 0 aromatic heterocycles. The summed E-state index contributed by atoms with van der Waals surface area (Å²) in [6.07, 6.45) is 0. The minimum Gasteiger partial charge on any atom is -0.496 e. The van der Waals surface area contributed by atoms with Crippen molar-refractivity contribution in [3.05, 3.63) is 95.6 Å². The van der Waals surface area contributed by atoms with Crippen molar-refractivity contribution in [1.29, 1.82) is 0 Å². The fourth-order valence-corrected chi connectivity index (χ4v) is 2.93. The zero-order valence-corrected chi connectivity index (χ0v) is 14.8. The summed E-state index contributed by atoms with van der Waals surface area (Å²) in [5.74, 6) is 0.695. The van der Waals surface area contributed by atoms with Crippen molar-refractivity contribution in [2.24, 2.45) is 0 Å². The van der Waals surface area contributed by atoms with Crippen LogP contribution >= 0.6 is 0 Å². The fourth-order valence-electron chi connectivity index (χ4n) is 2.93. The molecule has 0 atom stereocenters. The Hall–Kier alpha value is -3.27. The third-order valence-corrected chi connectivity index (χ3v) is 4.20. The van der Waals surface area contributed by atoms with Crippen LogP contribution in [-0.2, 0) is 0 Å². The first-order valence-corrected chi connectivity index (χ1v) is 8.36. The molecule has 0 aliphatic carbocycles.